The maximum atomic E-state index is 4.40. The highest BCUT2D eigenvalue weighted by Gasteiger charge is 2.17. The van der Waals surface area contributed by atoms with Crippen molar-refractivity contribution < 1.29 is 0 Å². The van der Waals surface area contributed by atoms with E-state index in [-0.39, 0.29) is 0 Å². The number of nitrogens with zero attached hydrogens (tertiary/aromatic N) is 2. The minimum absolute atomic E-state index is 0.409. The molecule has 70 valence electrons. The van der Waals surface area contributed by atoms with Gasteiger partial charge in [-0.2, -0.15) is 0 Å². The van der Waals surface area contributed by atoms with Crippen LogP contribution in [0.15, 0.2) is 24.4 Å². The van der Waals surface area contributed by atoms with Crippen molar-refractivity contribution in [2.24, 2.45) is 0 Å². The second kappa shape index (κ2) is 4.57. The van der Waals surface area contributed by atoms with Crippen molar-refractivity contribution in [3.63, 3.8) is 0 Å². The lowest BCUT2D eigenvalue weighted by atomic mass is 10.5. The summed E-state index contributed by atoms with van der Waals surface area (Å²) in [5, 5.41) is 0. The maximum absolute atomic E-state index is 4.40. The van der Waals surface area contributed by atoms with Gasteiger partial charge in [-0.25, -0.2) is 4.98 Å². The van der Waals surface area contributed by atoms with Crippen LogP contribution in [0.3, 0.4) is 0 Å². The average Bonchev–Trinajstić information content (AvgIpc) is 2.04. The Morgan fingerprint density at radius 3 is 2.08 bits per heavy atom. The summed E-state index contributed by atoms with van der Waals surface area (Å²) < 4.78 is 2.51. The van der Waals surface area contributed by atoms with Gasteiger partial charge in [0, 0.05) is 6.20 Å². The second-order valence-electron chi connectivity index (χ2n) is 3.42. The zero-order chi connectivity index (χ0) is 9.84. The highest BCUT2D eigenvalue weighted by molar-refractivity contribution is 6.81. The van der Waals surface area contributed by atoms with Crippen LogP contribution in [0.4, 0.5) is 5.82 Å². The van der Waals surface area contributed by atoms with Crippen molar-refractivity contribution in [2.75, 3.05) is 4.23 Å². The van der Waals surface area contributed by atoms with Crippen molar-refractivity contribution in [3.8, 4) is 0 Å². The third-order valence-corrected chi connectivity index (χ3v) is 6.70. The normalized spacial score (nSPS) is 10.9. The summed E-state index contributed by atoms with van der Waals surface area (Å²) in [6, 6.07) is 6.14. The summed E-state index contributed by atoms with van der Waals surface area (Å²) >= 11 is 0. The lowest BCUT2D eigenvalue weighted by Crippen LogP contribution is -2.43. The highest BCUT2D eigenvalue weighted by atomic mass is 28.3. The van der Waals surface area contributed by atoms with E-state index < -0.39 is 17.9 Å². The Kier molecular flexibility index (Phi) is 3.68. The van der Waals surface area contributed by atoms with Gasteiger partial charge in [-0.05, 0) is 12.1 Å². The van der Waals surface area contributed by atoms with Gasteiger partial charge >= 0.3 is 0 Å². The summed E-state index contributed by atoms with van der Waals surface area (Å²) in [4.78, 5) is 4.40. The van der Waals surface area contributed by atoms with E-state index >= 15 is 0 Å². The van der Waals surface area contributed by atoms with Crippen molar-refractivity contribution in [3.05, 3.63) is 24.4 Å². The average molecular weight is 208 g/mol. The highest BCUT2D eigenvalue weighted by Crippen LogP contribution is 2.12. The summed E-state index contributed by atoms with van der Waals surface area (Å²) in [7, 11) is -0.817. The summed E-state index contributed by atoms with van der Waals surface area (Å²) in [5.74, 6) is 1.15. The molecular weight excluding hydrogens is 192 g/mol. The monoisotopic (exact) mass is 208 g/mol. The van der Waals surface area contributed by atoms with Gasteiger partial charge in [0.2, 0.25) is 0 Å². The first-order chi connectivity index (χ1) is 6.13. The Labute approximate surface area is 84.0 Å². The molecule has 1 heterocycles. The predicted molar refractivity (Wildman–Crippen MR) is 61.7 cm³/mol. The topological polar surface area (TPSA) is 16.1 Å². The molecule has 1 aromatic heterocycles. The van der Waals surface area contributed by atoms with Gasteiger partial charge in [-0.15, -0.1) is 0 Å². The van der Waals surface area contributed by atoms with E-state index in [9.17, 15) is 0 Å². The van der Waals surface area contributed by atoms with Crippen molar-refractivity contribution in [1.82, 2.24) is 4.98 Å². The van der Waals surface area contributed by atoms with Crippen LogP contribution in [-0.4, -0.2) is 22.9 Å². The Balaban J connectivity index is 2.89. The van der Waals surface area contributed by atoms with E-state index in [0.29, 0.717) is 0 Å². The van der Waals surface area contributed by atoms with E-state index in [4.69, 9.17) is 0 Å². The Hall–Kier alpha value is -0.616. The fourth-order valence-corrected chi connectivity index (χ4v) is 6.15. The molecule has 0 aliphatic heterocycles. The molecule has 0 saturated heterocycles. The van der Waals surface area contributed by atoms with Crippen molar-refractivity contribution in [1.29, 1.82) is 0 Å². The Bertz CT molecular complexity index is 241. The molecule has 0 amide bonds. The number of pyridine rings is 1. The molecular formula is C9H16N2Si2. The lowest BCUT2D eigenvalue weighted by Gasteiger charge is -2.30. The largest absolute Gasteiger partial charge is 0.410 e. The first-order valence-electron chi connectivity index (χ1n) is 4.44. The van der Waals surface area contributed by atoms with Crippen LogP contribution in [0.1, 0.15) is 0 Å². The molecule has 0 aliphatic carbocycles. The minimum atomic E-state index is -0.409. The zero-order valence-electron chi connectivity index (χ0n) is 8.70. The molecule has 0 atom stereocenters. The quantitative estimate of drug-likeness (QED) is 0.709. The molecule has 1 aromatic rings. The van der Waals surface area contributed by atoms with Crippen LogP contribution < -0.4 is 4.23 Å². The predicted octanol–water partition coefficient (Wildman–Crippen LogP) is 2.39. The lowest BCUT2D eigenvalue weighted by molar-refractivity contribution is 1.26. The van der Waals surface area contributed by atoms with Gasteiger partial charge in [0.15, 0.2) is 17.9 Å². The number of hydrogen-bond donors (Lipinski definition) is 0. The molecule has 1 rings (SSSR count). The van der Waals surface area contributed by atoms with E-state index in [1.54, 1.807) is 0 Å². The molecule has 0 aliphatic rings. The second-order valence-corrected chi connectivity index (χ2v) is 8.55. The van der Waals surface area contributed by atoms with E-state index in [1.165, 1.54) is 0 Å². The Morgan fingerprint density at radius 2 is 1.69 bits per heavy atom. The first kappa shape index (κ1) is 10.5. The number of rotatable bonds is 3. The van der Waals surface area contributed by atoms with Crippen LogP contribution in [-0.2, 0) is 0 Å². The molecule has 0 bridgehead atoms. The fourth-order valence-electron chi connectivity index (χ4n) is 1.39. The summed E-state index contributed by atoms with van der Waals surface area (Å²) in [6.45, 7) is 9.27. The third kappa shape index (κ3) is 2.67. The van der Waals surface area contributed by atoms with E-state index in [0.717, 1.165) is 5.82 Å². The number of aromatic nitrogens is 1. The molecule has 13 heavy (non-hydrogen) atoms. The molecule has 0 spiro atoms. The van der Waals surface area contributed by atoms with E-state index in [2.05, 4.69) is 47.5 Å². The fraction of sp³-hybridized carbons (Fsp3) is 0.444. The van der Waals surface area contributed by atoms with Gasteiger partial charge in [0.25, 0.3) is 0 Å². The number of hydrogen-bond acceptors (Lipinski definition) is 2. The van der Waals surface area contributed by atoms with Crippen LogP contribution in [0.5, 0.6) is 0 Å². The zero-order valence-corrected chi connectivity index (χ0v) is 10.7. The van der Waals surface area contributed by atoms with Gasteiger partial charge in [-0.3, -0.25) is 0 Å². The van der Waals surface area contributed by atoms with Crippen molar-refractivity contribution in [2.45, 2.75) is 26.2 Å². The molecule has 4 heteroatoms. The molecule has 0 unspecified atom stereocenters. The molecule has 0 saturated carbocycles. The maximum Gasteiger partial charge on any atom is 0.155 e. The third-order valence-electron chi connectivity index (χ3n) is 1.77. The van der Waals surface area contributed by atoms with Crippen LogP contribution in [0.2, 0.25) is 26.2 Å². The van der Waals surface area contributed by atoms with Gasteiger partial charge in [-0.1, -0.05) is 32.3 Å². The van der Waals surface area contributed by atoms with Crippen LogP contribution in [0.25, 0.3) is 0 Å². The van der Waals surface area contributed by atoms with E-state index in [1.807, 2.05) is 12.3 Å². The van der Waals surface area contributed by atoms with Crippen LogP contribution >= 0.6 is 0 Å². The van der Waals surface area contributed by atoms with Gasteiger partial charge in [0.1, 0.15) is 5.82 Å². The molecule has 0 aromatic carbocycles. The molecule has 2 nitrogen and oxygen atoms in total. The summed E-state index contributed by atoms with van der Waals surface area (Å²) in [5.41, 5.74) is 0. The summed E-state index contributed by atoms with van der Waals surface area (Å²) in [6.07, 6.45) is 1.87. The molecule has 0 fully saturated rings. The number of anilines is 1. The van der Waals surface area contributed by atoms with Crippen LogP contribution in [0, 0.1) is 0 Å². The minimum Gasteiger partial charge on any atom is -0.410 e. The van der Waals surface area contributed by atoms with Crippen molar-refractivity contribution >= 4 is 23.7 Å². The Morgan fingerprint density at radius 1 is 1.08 bits per heavy atom. The molecule has 2 radical (unpaired) electrons. The van der Waals surface area contributed by atoms with Gasteiger partial charge in [0.05, 0.1) is 0 Å². The first-order valence-corrected chi connectivity index (χ1v) is 9.34. The standard InChI is InChI=1S/C9H16N2Si2/c1-12(2)11(13(3)4)9-7-5-6-8-10-9/h5-8H,1-4H3. The molecule has 0 N–H and O–H groups in total. The SMILES string of the molecule is C[Si](C)N(c1ccccn1)[Si](C)C. The van der Waals surface area contributed by atoms with Gasteiger partial charge < -0.3 is 4.23 Å². The smallest absolute Gasteiger partial charge is 0.155 e.